The van der Waals surface area contributed by atoms with Gasteiger partial charge in [0.2, 0.25) is 5.16 Å². The molecule has 0 atom stereocenters. The normalized spacial score (nSPS) is 10.4. The quantitative estimate of drug-likeness (QED) is 0.613. The predicted molar refractivity (Wildman–Crippen MR) is 77.1 cm³/mol. The van der Waals surface area contributed by atoms with Gasteiger partial charge in [0.05, 0.1) is 18.2 Å². The summed E-state index contributed by atoms with van der Waals surface area (Å²) in [5.74, 6) is 0.785. The number of tetrazole rings is 1. The van der Waals surface area contributed by atoms with Gasteiger partial charge < -0.3 is 5.32 Å². The first-order chi connectivity index (χ1) is 9.83. The Bertz CT molecular complexity index is 571. The number of hydrogen-bond donors (Lipinski definition) is 1. The highest BCUT2D eigenvalue weighted by Crippen LogP contribution is 2.19. The van der Waals surface area contributed by atoms with Gasteiger partial charge in [-0.15, -0.1) is 5.10 Å². The smallest absolute Gasteiger partial charge is 0.209 e. The van der Waals surface area contributed by atoms with E-state index in [4.69, 9.17) is 5.26 Å². The van der Waals surface area contributed by atoms with Gasteiger partial charge >= 0.3 is 0 Å². The first kappa shape index (κ1) is 14.5. The number of aromatic nitrogens is 4. The van der Waals surface area contributed by atoms with Gasteiger partial charge in [0.15, 0.2) is 0 Å². The number of likely N-dealkylation sites (N-methyl/N-ethyl adjacent to an activating group) is 1. The summed E-state index contributed by atoms with van der Waals surface area (Å²) in [4.78, 5) is 0. The Morgan fingerprint density at radius 3 is 2.85 bits per heavy atom. The van der Waals surface area contributed by atoms with Gasteiger partial charge in [-0.25, -0.2) is 4.68 Å². The molecule has 0 aliphatic rings. The molecule has 0 amide bonds. The van der Waals surface area contributed by atoms with Crippen LogP contribution in [0.4, 0.5) is 0 Å². The molecular weight excluding hydrogens is 272 g/mol. The Morgan fingerprint density at radius 1 is 1.35 bits per heavy atom. The van der Waals surface area contributed by atoms with Crippen molar-refractivity contribution in [3.63, 3.8) is 0 Å². The van der Waals surface area contributed by atoms with Crippen molar-refractivity contribution in [2.75, 3.05) is 13.1 Å². The lowest BCUT2D eigenvalue weighted by atomic mass is 10.2. The van der Waals surface area contributed by atoms with Crippen molar-refractivity contribution in [1.29, 1.82) is 5.26 Å². The molecule has 0 saturated heterocycles. The summed E-state index contributed by atoms with van der Waals surface area (Å²) in [6, 6.07) is 9.67. The fraction of sp³-hybridized carbons (Fsp3) is 0.385. The number of rotatable bonds is 7. The Hall–Kier alpha value is -1.91. The molecule has 0 spiro atoms. The number of nitriles is 1. The van der Waals surface area contributed by atoms with Crippen molar-refractivity contribution in [2.45, 2.75) is 24.4 Å². The SMILES string of the molecule is CCNCCn1nnnc1SCc1ccc(C#N)cc1. The first-order valence-corrected chi connectivity index (χ1v) is 7.40. The van der Waals surface area contributed by atoms with Crippen LogP contribution in [0.5, 0.6) is 0 Å². The molecule has 0 bridgehead atoms. The summed E-state index contributed by atoms with van der Waals surface area (Å²) in [5, 5.41) is 24.5. The molecule has 1 aromatic heterocycles. The first-order valence-electron chi connectivity index (χ1n) is 6.42. The summed E-state index contributed by atoms with van der Waals surface area (Å²) in [5.41, 5.74) is 1.82. The average Bonchev–Trinajstić information content (AvgIpc) is 2.93. The van der Waals surface area contributed by atoms with E-state index >= 15 is 0 Å². The lowest BCUT2D eigenvalue weighted by Crippen LogP contribution is -2.20. The van der Waals surface area contributed by atoms with Gasteiger partial charge in [0.1, 0.15) is 0 Å². The van der Waals surface area contributed by atoms with Gasteiger partial charge in [-0.3, -0.25) is 0 Å². The van der Waals surface area contributed by atoms with E-state index in [2.05, 4.69) is 33.8 Å². The fourth-order valence-corrected chi connectivity index (χ4v) is 2.48. The average molecular weight is 288 g/mol. The van der Waals surface area contributed by atoms with Gasteiger partial charge in [-0.1, -0.05) is 30.8 Å². The molecule has 2 rings (SSSR count). The molecule has 0 aliphatic heterocycles. The number of thioether (sulfide) groups is 1. The molecule has 7 heteroatoms. The van der Waals surface area contributed by atoms with E-state index in [-0.39, 0.29) is 0 Å². The minimum Gasteiger partial charge on any atom is -0.315 e. The topological polar surface area (TPSA) is 79.4 Å². The summed E-state index contributed by atoms with van der Waals surface area (Å²) < 4.78 is 1.80. The van der Waals surface area contributed by atoms with E-state index in [9.17, 15) is 0 Å². The maximum absolute atomic E-state index is 8.76. The number of nitrogens with one attached hydrogen (secondary N) is 1. The second kappa shape index (κ2) is 7.62. The van der Waals surface area contributed by atoms with Gasteiger partial charge in [-0.2, -0.15) is 5.26 Å². The molecule has 0 unspecified atom stereocenters. The van der Waals surface area contributed by atoms with Crippen LogP contribution in [0.1, 0.15) is 18.1 Å². The molecule has 0 saturated carbocycles. The van der Waals surface area contributed by atoms with E-state index in [0.717, 1.165) is 36.1 Å². The lowest BCUT2D eigenvalue weighted by Gasteiger charge is -2.04. The van der Waals surface area contributed by atoms with Crippen molar-refractivity contribution >= 4 is 11.8 Å². The standard InChI is InChI=1S/C13H16N6S/c1-2-15-7-8-19-13(16-17-18-19)20-10-12-5-3-11(9-14)4-6-12/h3-6,15H,2,7-8,10H2,1H3. The van der Waals surface area contributed by atoms with Crippen molar-refractivity contribution < 1.29 is 0 Å². The molecule has 0 aliphatic carbocycles. The van der Waals surface area contributed by atoms with Crippen LogP contribution in [0.3, 0.4) is 0 Å². The van der Waals surface area contributed by atoms with Crippen molar-refractivity contribution in [3.8, 4) is 6.07 Å². The third kappa shape index (κ3) is 4.05. The maximum Gasteiger partial charge on any atom is 0.209 e. The molecule has 1 N–H and O–H groups in total. The zero-order valence-corrected chi connectivity index (χ0v) is 12.1. The Labute approximate surface area is 122 Å². The number of benzene rings is 1. The third-order valence-corrected chi connectivity index (χ3v) is 3.73. The third-order valence-electron chi connectivity index (χ3n) is 2.70. The van der Waals surface area contributed by atoms with Crippen molar-refractivity contribution in [1.82, 2.24) is 25.5 Å². The molecule has 104 valence electrons. The van der Waals surface area contributed by atoms with E-state index in [0.29, 0.717) is 5.56 Å². The van der Waals surface area contributed by atoms with Gasteiger partial charge in [-0.05, 0) is 34.7 Å². The Balaban J connectivity index is 1.90. The molecule has 6 nitrogen and oxygen atoms in total. The van der Waals surface area contributed by atoms with Gasteiger partial charge in [0.25, 0.3) is 0 Å². The van der Waals surface area contributed by atoms with E-state index in [1.165, 1.54) is 0 Å². The molecule has 1 aromatic carbocycles. The van der Waals surface area contributed by atoms with E-state index < -0.39 is 0 Å². The molecular formula is C13H16N6S. The highest BCUT2D eigenvalue weighted by atomic mass is 32.2. The Morgan fingerprint density at radius 2 is 2.15 bits per heavy atom. The lowest BCUT2D eigenvalue weighted by molar-refractivity contribution is 0.517. The molecule has 20 heavy (non-hydrogen) atoms. The number of hydrogen-bond acceptors (Lipinski definition) is 6. The predicted octanol–water partition coefficient (Wildman–Crippen LogP) is 1.45. The molecule has 0 radical (unpaired) electrons. The van der Waals surface area contributed by atoms with Gasteiger partial charge in [0, 0.05) is 12.3 Å². The van der Waals surface area contributed by atoms with Crippen molar-refractivity contribution in [3.05, 3.63) is 35.4 Å². The Kier molecular flexibility index (Phi) is 5.53. The zero-order valence-electron chi connectivity index (χ0n) is 11.3. The van der Waals surface area contributed by atoms with Crippen LogP contribution in [0.15, 0.2) is 29.4 Å². The highest BCUT2D eigenvalue weighted by Gasteiger charge is 2.06. The molecule has 2 aromatic rings. The van der Waals surface area contributed by atoms with Crippen LogP contribution in [-0.2, 0) is 12.3 Å². The maximum atomic E-state index is 8.76. The fourth-order valence-electron chi connectivity index (χ4n) is 1.63. The van der Waals surface area contributed by atoms with Crippen LogP contribution in [-0.4, -0.2) is 33.3 Å². The summed E-state index contributed by atoms with van der Waals surface area (Å²) in [6.45, 7) is 4.62. The summed E-state index contributed by atoms with van der Waals surface area (Å²) in [6.07, 6.45) is 0. The van der Waals surface area contributed by atoms with E-state index in [1.807, 2.05) is 24.3 Å². The zero-order chi connectivity index (χ0) is 14.2. The second-order valence-electron chi connectivity index (χ2n) is 4.14. The van der Waals surface area contributed by atoms with Crippen LogP contribution < -0.4 is 5.32 Å². The molecule has 0 fully saturated rings. The van der Waals surface area contributed by atoms with Crippen LogP contribution >= 0.6 is 11.8 Å². The largest absolute Gasteiger partial charge is 0.315 e. The number of nitrogens with zero attached hydrogens (tertiary/aromatic N) is 5. The molecule has 1 heterocycles. The van der Waals surface area contributed by atoms with Crippen LogP contribution in [0.25, 0.3) is 0 Å². The summed E-state index contributed by atoms with van der Waals surface area (Å²) in [7, 11) is 0. The van der Waals surface area contributed by atoms with E-state index in [1.54, 1.807) is 16.4 Å². The van der Waals surface area contributed by atoms with Crippen LogP contribution in [0, 0.1) is 11.3 Å². The minimum absolute atomic E-state index is 0.675. The minimum atomic E-state index is 0.675. The highest BCUT2D eigenvalue weighted by molar-refractivity contribution is 7.98. The summed E-state index contributed by atoms with van der Waals surface area (Å²) >= 11 is 1.59. The second-order valence-corrected chi connectivity index (χ2v) is 5.08. The monoisotopic (exact) mass is 288 g/mol. The van der Waals surface area contributed by atoms with Crippen LogP contribution in [0.2, 0.25) is 0 Å². The van der Waals surface area contributed by atoms with Crippen molar-refractivity contribution in [2.24, 2.45) is 0 Å².